The summed E-state index contributed by atoms with van der Waals surface area (Å²) in [5.74, 6) is -2.26. The molecule has 0 radical (unpaired) electrons. The van der Waals surface area contributed by atoms with Crippen LogP contribution < -0.4 is 0 Å². The Balaban J connectivity index is 2.23. The molecular formula is C19H12BrNO4. The van der Waals surface area contributed by atoms with Crippen LogP contribution in [0.15, 0.2) is 59.6 Å². The number of halogens is 1. The number of benzene rings is 2. The van der Waals surface area contributed by atoms with Gasteiger partial charge in [0.15, 0.2) is 0 Å². The minimum Gasteiger partial charge on any atom is -0.478 e. The molecule has 0 aliphatic carbocycles. The SMILES string of the molecule is C=C(C(=O)O)c1ccc2nc(-c3ccc(Br)cc3)cc(C(=O)O)c2c1. The van der Waals surface area contributed by atoms with Crippen LogP contribution in [-0.2, 0) is 4.79 Å². The Bertz CT molecular complexity index is 1030. The fraction of sp³-hybridized carbons (Fsp3) is 0. The van der Waals surface area contributed by atoms with Gasteiger partial charge in [-0.25, -0.2) is 14.6 Å². The van der Waals surface area contributed by atoms with Crippen molar-refractivity contribution < 1.29 is 19.8 Å². The largest absolute Gasteiger partial charge is 0.478 e. The van der Waals surface area contributed by atoms with Crippen molar-refractivity contribution >= 4 is 44.3 Å². The van der Waals surface area contributed by atoms with E-state index in [1.54, 1.807) is 12.1 Å². The first kappa shape index (κ1) is 16.9. The van der Waals surface area contributed by atoms with E-state index in [9.17, 15) is 14.7 Å². The fourth-order valence-corrected chi connectivity index (χ4v) is 2.75. The Hall–Kier alpha value is -2.99. The lowest BCUT2D eigenvalue weighted by Crippen LogP contribution is -2.02. The lowest BCUT2D eigenvalue weighted by Gasteiger charge is -2.09. The number of aromatic nitrogens is 1. The van der Waals surface area contributed by atoms with E-state index < -0.39 is 11.9 Å². The summed E-state index contributed by atoms with van der Waals surface area (Å²) in [6.45, 7) is 3.51. The van der Waals surface area contributed by atoms with Crippen LogP contribution in [0.3, 0.4) is 0 Å². The molecule has 1 aromatic heterocycles. The maximum atomic E-state index is 11.7. The van der Waals surface area contributed by atoms with Gasteiger partial charge in [0.1, 0.15) is 0 Å². The summed E-state index contributed by atoms with van der Waals surface area (Å²) in [6.07, 6.45) is 0. The third-order valence-electron chi connectivity index (χ3n) is 3.79. The van der Waals surface area contributed by atoms with Crippen LogP contribution in [0, 0.1) is 0 Å². The van der Waals surface area contributed by atoms with Crippen molar-refractivity contribution in [3.8, 4) is 11.3 Å². The molecular weight excluding hydrogens is 386 g/mol. The van der Waals surface area contributed by atoms with Crippen molar-refractivity contribution in [2.45, 2.75) is 0 Å². The summed E-state index contributed by atoms with van der Waals surface area (Å²) < 4.78 is 0.910. The number of fused-ring (bicyclic) bond motifs is 1. The van der Waals surface area contributed by atoms with Crippen LogP contribution in [0.1, 0.15) is 15.9 Å². The quantitative estimate of drug-likeness (QED) is 0.634. The zero-order valence-corrected chi connectivity index (χ0v) is 14.4. The zero-order chi connectivity index (χ0) is 18.1. The molecule has 0 atom stereocenters. The van der Waals surface area contributed by atoms with Gasteiger partial charge >= 0.3 is 11.9 Å². The lowest BCUT2D eigenvalue weighted by atomic mass is 10.00. The van der Waals surface area contributed by atoms with Gasteiger partial charge in [0.25, 0.3) is 0 Å². The van der Waals surface area contributed by atoms with Crippen LogP contribution in [-0.4, -0.2) is 27.1 Å². The monoisotopic (exact) mass is 397 g/mol. The minimum absolute atomic E-state index is 0.0583. The summed E-state index contributed by atoms with van der Waals surface area (Å²) in [7, 11) is 0. The van der Waals surface area contributed by atoms with Gasteiger partial charge in [-0.15, -0.1) is 0 Å². The van der Waals surface area contributed by atoms with Gasteiger partial charge in [-0.05, 0) is 35.9 Å². The van der Waals surface area contributed by atoms with Crippen LogP contribution in [0.2, 0.25) is 0 Å². The van der Waals surface area contributed by atoms with Crippen molar-refractivity contribution in [3.05, 3.63) is 70.7 Å². The Morgan fingerprint density at radius 1 is 1.00 bits per heavy atom. The number of hydrogen-bond donors (Lipinski definition) is 2. The van der Waals surface area contributed by atoms with Crippen LogP contribution in [0.5, 0.6) is 0 Å². The first-order valence-electron chi connectivity index (χ1n) is 7.23. The van der Waals surface area contributed by atoms with Gasteiger partial charge in [0.2, 0.25) is 0 Å². The third kappa shape index (κ3) is 3.29. The van der Waals surface area contributed by atoms with Crippen molar-refractivity contribution in [2.24, 2.45) is 0 Å². The van der Waals surface area contributed by atoms with E-state index in [2.05, 4.69) is 27.5 Å². The van der Waals surface area contributed by atoms with Crippen LogP contribution in [0.25, 0.3) is 27.7 Å². The molecule has 0 unspecified atom stereocenters. The first-order valence-corrected chi connectivity index (χ1v) is 8.02. The smallest absolute Gasteiger partial charge is 0.336 e. The average Bonchev–Trinajstić information content (AvgIpc) is 2.60. The number of rotatable bonds is 4. The summed E-state index contributed by atoms with van der Waals surface area (Å²) in [4.78, 5) is 27.3. The summed E-state index contributed by atoms with van der Waals surface area (Å²) in [6, 6.07) is 13.5. The Morgan fingerprint density at radius 3 is 2.28 bits per heavy atom. The molecule has 6 heteroatoms. The topological polar surface area (TPSA) is 87.5 Å². The molecule has 25 heavy (non-hydrogen) atoms. The van der Waals surface area contributed by atoms with E-state index in [0.29, 0.717) is 22.2 Å². The molecule has 3 aromatic rings. The Kier molecular flexibility index (Phi) is 4.37. The predicted molar refractivity (Wildman–Crippen MR) is 98.5 cm³/mol. The number of pyridine rings is 1. The van der Waals surface area contributed by atoms with E-state index in [4.69, 9.17) is 5.11 Å². The molecule has 2 aromatic carbocycles. The average molecular weight is 398 g/mol. The van der Waals surface area contributed by atoms with Crippen LogP contribution in [0.4, 0.5) is 0 Å². The molecule has 1 heterocycles. The third-order valence-corrected chi connectivity index (χ3v) is 4.31. The Labute approximate surface area is 151 Å². The summed E-state index contributed by atoms with van der Waals surface area (Å²) >= 11 is 3.36. The number of hydrogen-bond acceptors (Lipinski definition) is 3. The fourth-order valence-electron chi connectivity index (χ4n) is 2.48. The number of nitrogens with zero attached hydrogens (tertiary/aromatic N) is 1. The van der Waals surface area contributed by atoms with Crippen LogP contribution >= 0.6 is 15.9 Å². The molecule has 0 aliphatic rings. The molecule has 0 spiro atoms. The maximum Gasteiger partial charge on any atom is 0.336 e. The van der Waals surface area contributed by atoms with Gasteiger partial charge < -0.3 is 10.2 Å². The number of carbonyl (C=O) groups is 2. The molecule has 0 saturated carbocycles. The second-order valence-corrected chi connectivity index (χ2v) is 6.30. The number of aromatic carboxylic acids is 1. The van der Waals surface area contributed by atoms with E-state index in [-0.39, 0.29) is 11.1 Å². The van der Waals surface area contributed by atoms with Gasteiger partial charge in [-0.3, -0.25) is 0 Å². The van der Waals surface area contributed by atoms with E-state index in [1.807, 2.05) is 24.3 Å². The summed E-state index contributed by atoms with van der Waals surface area (Å²) in [5.41, 5.74) is 2.09. The molecule has 0 amide bonds. The standard InChI is InChI=1S/C19H12BrNO4/c1-10(18(22)23)12-4-7-16-14(8-12)15(19(24)25)9-17(21-16)11-2-5-13(20)6-3-11/h2-9H,1H2,(H,22,23)(H,24,25). The molecule has 5 nitrogen and oxygen atoms in total. The molecule has 0 fully saturated rings. The van der Waals surface area contributed by atoms with Gasteiger partial charge in [0.05, 0.1) is 22.3 Å². The van der Waals surface area contributed by atoms with Crippen molar-refractivity contribution in [1.82, 2.24) is 4.98 Å². The maximum absolute atomic E-state index is 11.7. The highest BCUT2D eigenvalue weighted by Crippen LogP contribution is 2.28. The van der Waals surface area contributed by atoms with Crippen molar-refractivity contribution in [1.29, 1.82) is 0 Å². The molecule has 124 valence electrons. The second-order valence-electron chi connectivity index (χ2n) is 5.38. The van der Waals surface area contributed by atoms with Crippen molar-refractivity contribution in [2.75, 3.05) is 0 Å². The van der Waals surface area contributed by atoms with Gasteiger partial charge in [0, 0.05) is 15.4 Å². The molecule has 0 bridgehead atoms. The predicted octanol–water partition coefficient (Wildman–Crippen LogP) is 4.46. The normalized spacial score (nSPS) is 10.6. The highest BCUT2D eigenvalue weighted by Gasteiger charge is 2.15. The number of carboxylic acids is 2. The summed E-state index contributed by atoms with van der Waals surface area (Å²) in [5, 5.41) is 19.0. The number of carboxylic acid groups (broad SMARTS) is 2. The molecule has 2 N–H and O–H groups in total. The first-order chi connectivity index (χ1) is 11.9. The molecule has 3 rings (SSSR count). The number of aliphatic carboxylic acids is 1. The lowest BCUT2D eigenvalue weighted by molar-refractivity contribution is -0.130. The second kappa shape index (κ2) is 6.49. The molecule has 0 aliphatic heterocycles. The highest BCUT2D eigenvalue weighted by atomic mass is 79.9. The van der Waals surface area contributed by atoms with Crippen molar-refractivity contribution in [3.63, 3.8) is 0 Å². The van der Waals surface area contributed by atoms with E-state index in [1.165, 1.54) is 12.1 Å². The highest BCUT2D eigenvalue weighted by molar-refractivity contribution is 9.10. The van der Waals surface area contributed by atoms with E-state index in [0.717, 1.165) is 10.0 Å². The molecule has 0 saturated heterocycles. The van der Waals surface area contributed by atoms with E-state index >= 15 is 0 Å². The minimum atomic E-state index is -1.16. The zero-order valence-electron chi connectivity index (χ0n) is 12.9. The van der Waals surface area contributed by atoms with Gasteiger partial charge in [-0.1, -0.05) is 40.7 Å². The Morgan fingerprint density at radius 2 is 1.68 bits per heavy atom. The van der Waals surface area contributed by atoms with Gasteiger partial charge in [-0.2, -0.15) is 0 Å².